The van der Waals surface area contributed by atoms with E-state index in [1.165, 1.54) is 0 Å². The van der Waals surface area contributed by atoms with E-state index in [1.807, 2.05) is 0 Å². The smallest absolute Gasteiger partial charge is 0.169 e. The van der Waals surface area contributed by atoms with Crippen molar-refractivity contribution in [2.75, 3.05) is 11.5 Å². The second-order valence-electron chi connectivity index (χ2n) is 3.07. The van der Waals surface area contributed by atoms with Crippen LogP contribution in [-0.4, -0.2) is 23.0 Å². The largest absolute Gasteiger partial charge is 0.759 e. The summed E-state index contributed by atoms with van der Waals surface area (Å²) in [5.41, 5.74) is 12.3. The van der Waals surface area contributed by atoms with Crippen LogP contribution < -0.4 is 21.4 Å². The Hall–Kier alpha value is -2.27. The predicted octanol–water partition coefficient (Wildman–Crippen LogP) is -2.00. The van der Waals surface area contributed by atoms with E-state index >= 15 is 0 Å². The molecule has 0 spiro atoms. The maximum absolute atomic E-state index is 8.52. The summed E-state index contributed by atoms with van der Waals surface area (Å²) in [7, 11) is -5.17. The zero-order chi connectivity index (χ0) is 14.7. The Morgan fingerprint density at radius 3 is 1.10 bits per heavy atom. The molecule has 0 saturated heterocycles. The summed E-state index contributed by atoms with van der Waals surface area (Å²) in [4.78, 5) is 5.71. The van der Waals surface area contributed by atoms with Crippen LogP contribution in [0.1, 0.15) is 0 Å². The molecule has 0 radical (unpaired) electrons. The molecule has 0 unspecified atom stereocenters. The third-order valence-corrected chi connectivity index (χ3v) is 1.49. The Balaban J connectivity index is 0. The minimum atomic E-state index is -5.17. The normalized spacial score (nSPS) is 8.90. The van der Waals surface area contributed by atoms with Gasteiger partial charge < -0.3 is 26.0 Å². The highest BCUT2D eigenvalue weighted by Crippen LogP contribution is 1.90. The summed E-state index contributed by atoms with van der Waals surface area (Å²) >= 11 is 0. The molecule has 8 N–H and O–H groups in total. The highest BCUT2D eigenvalue weighted by molar-refractivity contribution is 7.79. The molecule has 2 rings (SSSR count). The standard InChI is InChI=1S/2C5H6N2.H2O4S.H2O/c2*6-5-1-3-7-4-2-5;1-5(2,3)4;/h2*1-4H,(H2,6,7);(H2,1,2,3,4);1H2. The van der Waals surface area contributed by atoms with Gasteiger partial charge in [0.15, 0.2) is 24.8 Å². The molecule has 0 aliphatic heterocycles. The van der Waals surface area contributed by atoms with Crippen LogP contribution in [0.5, 0.6) is 0 Å². The number of aromatic nitrogens is 2. The minimum absolute atomic E-state index is 0. The van der Waals surface area contributed by atoms with Crippen LogP contribution in [0, 0.1) is 0 Å². The van der Waals surface area contributed by atoms with Gasteiger partial charge in [0.2, 0.25) is 0 Å². The van der Waals surface area contributed by atoms with Gasteiger partial charge in [-0.3, -0.25) is 8.42 Å². The number of anilines is 2. The van der Waals surface area contributed by atoms with Gasteiger partial charge in [-0.2, -0.15) is 0 Å². The Labute approximate surface area is 116 Å². The number of H-pyrrole nitrogens is 2. The summed E-state index contributed by atoms with van der Waals surface area (Å²) in [5.74, 6) is 0. The molecule has 0 amide bonds. The van der Waals surface area contributed by atoms with Gasteiger partial charge in [0.1, 0.15) is 0 Å². The average molecular weight is 304 g/mol. The molecule has 0 aliphatic rings. The lowest BCUT2D eigenvalue weighted by Crippen LogP contribution is -1.97. The molecule has 2 aromatic heterocycles. The molecule has 0 atom stereocenters. The minimum Gasteiger partial charge on any atom is -0.759 e. The van der Waals surface area contributed by atoms with Gasteiger partial charge in [-0.15, -0.1) is 0 Å². The lowest BCUT2D eigenvalue weighted by molar-refractivity contribution is -0.378. The van der Waals surface area contributed by atoms with Crippen LogP contribution >= 0.6 is 0 Å². The average Bonchev–Trinajstić information content (AvgIpc) is 2.29. The van der Waals surface area contributed by atoms with Crippen molar-refractivity contribution in [3.63, 3.8) is 0 Å². The van der Waals surface area contributed by atoms with Gasteiger partial charge in [0, 0.05) is 46.0 Å². The van der Waals surface area contributed by atoms with Crippen LogP contribution in [0.25, 0.3) is 0 Å². The molecule has 0 aliphatic carbocycles. The Morgan fingerprint density at radius 1 is 0.800 bits per heavy atom. The van der Waals surface area contributed by atoms with Gasteiger partial charge in [-0.25, -0.2) is 9.97 Å². The summed E-state index contributed by atoms with van der Waals surface area (Å²) in [6, 6.07) is 7.22. The lowest BCUT2D eigenvalue weighted by Gasteiger charge is -2.06. The molecule has 20 heavy (non-hydrogen) atoms. The number of hydrogen-bond acceptors (Lipinski definition) is 6. The zero-order valence-corrected chi connectivity index (χ0v) is 11.1. The van der Waals surface area contributed by atoms with Crippen molar-refractivity contribution in [1.29, 1.82) is 0 Å². The number of nitrogens with two attached hydrogens (primary N) is 2. The van der Waals surface area contributed by atoms with Crippen molar-refractivity contribution < 1.29 is 33.0 Å². The van der Waals surface area contributed by atoms with E-state index in [4.69, 9.17) is 29.0 Å². The maximum atomic E-state index is 8.52. The third kappa shape index (κ3) is 18.1. The molecule has 0 saturated carbocycles. The maximum Gasteiger partial charge on any atom is 0.169 e. The number of nitrogens with one attached hydrogen (secondary N) is 2. The number of rotatable bonds is 0. The summed E-state index contributed by atoms with van der Waals surface area (Å²) in [5, 5.41) is 0. The molecule has 112 valence electrons. The van der Waals surface area contributed by atoms with E-state index in [9.17, 15) is 0 Å². The molecule has 0 fully saturated rings. The summed E-state index contributed by atoms with van der Waals surface area (Å²) in [6.45, 7) is 0. The van der Waals surface area contributed by atoms with Crippen LogP contribution in [0.15, 0.2) is 49.1 Å². The van der Waals surface area contributed by atoms with E-state index in [0.717, 1.165) is 11.4 Å². The first kappa shape index (κ1) is 20.1. The van der Waals surface area contributed by atoms with Gasteiger partial charge in [-0.05, 0) is 0 Å². The predicted molar refractivity (Wildman–Crippen MR) is 68.9 cm³/mol. The number of hydrogen-bond donors (Lipinski definition) is 2. The van der Waals surface area contributed by atoms with E-state index < -0.39 is 10.4 Å². The molecule has 9 nitrogen and oxygen atoms in total. The van der Waals surface area contributed by atoms with Gasteiger partial charge in [-0.1, -0.05) is 0 Å². The molecule has 0 aromatic carbocycles. The van der Waals surface area contributed by atoms with Crippen molar-refractivity contribution in [2.45, 2.75) is 0 Å². The topological polar surface area (TPSA) is 192 Å². The Morgan fingerprint density at radius 2 is 1.00 bits per heavy atom. The second-order valence-corrected chi connectivity index (χ2v) is 3.89. The summed E-state index contributed by atoms with van der Waals surface area (Å²) in [6.07, 6.45) is 7.15. The highest BCUT2D eigenvalue weighted by Gasteiger charge is 1.79. The molecule has 2 heterocycles. The summed E-state index contributed by atoms with van der Waals surface area (Å²) < 4.78 is 34.1. The van der Waals surface area contributed by atoms with Crippen LogP contribution in [-0.2, 0) is 10.4 Å². The number of pyridine rings is 2. The fraction of sp³-hybridized carbons (Fsp3) is 0. The first-order chi connectivity index (χ1) is 8.79. The van der Waals surface area contributed by atoms with Crippen molar-refractivity contribution in [2.24, 2.45) is 0 Å². The van der Waals surface area contributed by atoms with Gasteiger partial charge in [0.25, 0.3) is 0 Å². The van der Waals surface area contributed by atoms with Crippen molar-refractivity contribution in [3.05, 3.63) is 49.1 Å². The SMILES string of the molecule is Nc1cc[nH+]cc1.Nc1cc[nH+]cc1.O.O=S(=O)([O-])[O-]. The highest BCUT2D eigenvalue weighted by atomic mass is 32.3. The van der Waals surface area contributed by atoms with Crippen LogP contribution in [0.4, 0.5) is 11.4 Å². The van der Waals surface area contributed by atoms with Crippen molar-refractivity contribution in [1.82, 2.24) is 0 Å². The Bertz CT molecular complexity index is 505. The number of aromatic amines is 2. The first-order valence-corrected chi connectivity index (χ1v) is 6.22. The molecular weight excluding hydrogens is 288 g/mol. The number of nitrogen functional groups attached to an aromatic ring is 2. The third-order valence-electron chi connectivity index (χ3n) is 1.49. The van der Waals surface area contributed by atoms with Crippen molar-refractivity contribution in [3.8, 4) is 0 Å². The lowest BCUT2D eigenvalue weighted by atomic mass is 10.4. The van der Waals surface area contributed by atoms with Gasteiger partial charge >= 0.3 is 0 Å². The monoisotopic (exact) mass is 304 g/mol. The van der Waals surface area contributed by atoms with E-state index in [2.05, 4.69) is 9.97 Å². The molecular formula is C10H16N4O5S. The fourth-order valence-electron chi connectivity index (χ4n) is 0.800. The van der Waals surface area contributed by atoms with Crippen molar-refractivity contribution >= 4 is 21.8 Å². The van der Waals surface area contributed by atoms with E-state index in [1.54, 1.807) is 49.1 Å². The zero-order valence-electron chi connectivity index (χ0n) is 10.3. The van der Waals surface area contributed by atoms with E-state index in [0.29, 0.717) is 0 Å². The van der Waals surface area contributed by atoms with E-state index in [-0.39, 0.29) is 5.48 Å². The quantitative estimate of drug-likeness (QED) is 0.417. The first-order valence-electron chi connectivity index (χ1n) is 4.89. The van der Waals surface area contributed by atoms with Crippen LogP contribution in [0.2, 0.25) is 0 Å². The molecule has 2 aromatic rings. The molecule has 10 heteroatoms. The van der Waals surface area contributed by atoms with Gasteiger partial charge in [0.05, 0.1) is 0 Å². The second kappa shape index (κ2) is 10.6. The van der Waals surface area contributed by atoms with Crippen LogP contribution in [0.3, 0.4) is 0 Å². The fourth-order valence-corrected chi connectivity index (χ4v) is 0.800. The molecule has 0 bridgehead atoms. The Kier molecular flexibility index (Phi) is 10.7.